The highest BCUT2D eigenvalue weighted by Crippen LogP contribution is 2.28. The van der Waals surface area contributed by atoms with Crippen LogP contribution in [0.3, 0.4) is 0 Å². The number of rotatable bonds is 3. The van der Waals surface area contributed by atoms with Crippen LogP contribution < -0.4 is 15.0 Å². The van der Waals surface area contributed by atoms with E-state index in [9.17, 15) is 9.59 Å². The lowest BCUT2D eigenvalue weighted by Gasteiger charge is -2.29. The van der Waals surface area contributed by atoms with Crippen molar-refractivity contribution in [2.75, 3.05) is 23.4 Å². The van der Waals surface area contributed by atoms with Crippen molar-refractivity contribution in [1.29, 1.82) is 0 Å². The highest BCUT2D eigenvalue weighted by Gasteiger charge is 2.22. The van der Waals surface area contributed by atoms with Gasteiger partial charge in [-0.05, 0) is 54.7 Å². The second-order valence-corrected chi connectivity index (χ2v) is 6.43. The van der Waals surface area contributed by atoms with Crippen LogP contribution in [0.2, 0.25) is 0 Å². The third-order valence-electron chi connectivity index (χ3n) is 4.75. The normalized spacial score (nSPS) is 15.8. The maximum atomic E-state index is 12.6. The molecule has 0 aliphatic carbocycles. The molecule has 0 fully saturated rings. The molecule has 2 aliphatic heterocycles. The number of ether oxygens (including phenoxy) is 1. The number of nitrogens with one attached hydrogen (secondary N) is 1. The number of aryl methyl sites for hydroxylation is 2. The third-order valence-corrected chi connectivity index (χ3v) is 4.75. The van der Waals surface area contributed by atoms with Crippen LogP contribution >= 0.6 is 0 Å². The minimum atomic E-state index is -0.0295. The van der Waals surface area contributed by atoms with E-state index in [0.717, 1.165) is 36.3 Å². The summed E-state index contributed by atoms with van der Waals surface area (Å²) < 4.78 is 5.73. The Bertz CT molecular complexity index is 831. The number of anilines is 2. The zero-order valence-electron chi connectivity index (χ0n) is 14.0. The van der Waals surface area contributed by atoms with Crippen molar-refractivity contribution in [3.63, 3.8) is 0 Å². The molecule has 1 N–H and O–H groups in total. The maximum absolute atomic E-state index is 12.6. The molecule has 2 amide bonds. The Morgan fingerprint density at radius 2 is 1.96 bits per heavy atom. The summed E-state index contributed by atoms with van der Waals surface area (Å²) in [5.41, 5.74) is 4.09. The van der Waals surface area contributed by atoms with Gasteiger partial charge in [-0.3, -0.25) is 9.59 Å². The van der Waals surface area contributed by atoms with Gasteiger partial charge >= 0.3 is 0 Å². The van der Waals surface area contributed by atoms with Crippen molar-refractivity contribution >= 4 is 23.2 Å². The monoisotopic (exact) mass is 336 g/mol. The Balaban J connectivity index is 1.44. The summed E-state index contributed by atoms with van der Waals surface area (Å²) >= 11 is 0. The van der Waals surface area contributed by atoms with Crippen LogP contribution in [-0.2, 0) is 22.4 Å². The molecule has 0 saturated heterocycles. The number of carbonyl (C=O) groups is 2. The van der Waals surface area contributed by atoms with Crippen LogP contribution in [0.5, 0.6) is 5.75 Å². The van der Waals surface area contributed by atoms with E-state index in [2.05, 4.69) is 11.4 Å². The van der Waals surface area contributed by atoms with E-state index in [-0.39, 0.29) is 18.4 Å². The number of amides is 2. The molecule has 2 aromatic carbocycles. The first-order valence-electron chi connectivity index (χ1n) is 8.64. The fraction of sp³-hybridized carbons (Fsp3) is 0.300. The first kappa shape index (κ1) is 15.7. The molecule has 0 saturated carbocycles. The second kappa shape index (κ2) is 6.59. The van der Waals surface area contributed by atoms with Crippen LogP contribution in [0, 0.1) is 0 Å². The Hall–Kier alpha value is -2.82. The summed E-state index contributed by atoms with van der Waals surface area (Å²) in [4.78, 5) is 25.8. The van der Waals surface area contributed by atoms with Crippen molar-refractivity contribution in [2.24, 2.45) is 0 Å². The zero-order chi connectivity index (χ0) is 17.2. The van der Waals surface area contributed by atoms with E-state index in [4.69, 9.17) is 4.74 Å². The third kappa shape index (κ3) is 3.22. The summed E-state index contributed by atoms with van der Waals surface area (Å²) in [6.07, 6.45) is 3.17. The molecule has 25 heavy (non-hydrogen) atoms. The molecule has 2 heterocycles. The van der Waals surface area contributed by atoms with E-state index in [1.54, 1.807) is 6.07 Å². The fourth-order valence-corrected chi connectivity index (χ4v) is 3.47. The van der Waals surface area contributed by atoms with E-state index < -0.39 is 0 Å². The molecule has 0 atom stereocenters. The van der Waals surface area contributed by atoms with Crippen LogP contribution in [0.1, 0.15) is 24.0 Å². The highest BCUT2D eigenvalue weighted by atomic mass is 16.5. The number of carbonyl (C=O) groups excluding carboxylic acids is 2. The predicted molar refractivity (Wildman–Crippen MR) is 96.0 cm³/mol. The second-order valence-electron chi connectivity index (χ2n) is 6.43. The van der Waals surface area contributed by atoms with Gasteiger partial charge < -0.3 is 15.0 Å². The van der Waals surface area contributed by atoms with Gasteiger partial charge in [0.25, 0.3) is 5.91 Å². The smallest absolute Gasteiger partial charge is 0.264 e. The predicted octanol–water partition coefficient (Wildman–Crippen LogP) is 2.93. The summed E-state index contributed by atoms with van der Waals surface area (Å²) in [6.45, 7) is 0.745. The minimum Gasteiger partial charge on any atom is -0.484 e. The molecule has 0 aromatic heterocycles. The largest absolute Gasteiger partial charge is 0.484 e. The molecular weight excluding hydrogens is 316 g/mol. The van der Waals surface area contributed by atoms with Crippen molar-refractivity contribution in [3.05, 3.63) is 53.6 Å². The Morgan fingerprint density at radius 1 is 1.08 bits per heavy atom. The van der Waals surface area contributed by atoms with Gasteiger partial charge in [-0.1, -0.05) is 18.2 Å². The summed E-state index contributed by atoms with van der Waals surface area (Å²) in [5.74, 6) is 0.673. The van der Waals surface area contributed by atoms with Gasteiger partial charge in [0.2, 0.25) is 5.91 Å². The van der Waals surface area contributed by atoms with Gasteiger partial charge in [0.15, 0.2) is 6.61 Å². The van der Waals surface area contributed by atoms with Crippen LogP contribution in [0.15, 0.2) is 42.5 Å². The number of fused-ring (bicyclic) bond motifs is 2. The molecule has 2 aliphatic rings. The molecule has 4 rings (SSSR count). The van der Waals surface area contributed by atoms with Crippen molar-refractivity contribution in [2.45, 2.75) is 25.7 Å². The van der Waals surface area contributed by atoms with E-state index in [1.807, 2.05) is 35.2 Å². The first-order valence-corrected chi connectivity index (χ1v) is 8.64. The van der Waals surface area contributed by atoms with E-state index in [1.165, 1.54) is 5.56 Å². The molecule has 0 spiro atoms. The summed E-state index contributed by atoms with van der Waals surface area (Å²) in [6, 6.07) is 13.6. The lowest BCUT2D eigenvalue weighted by Crippen LogP contribution is -2.38. The maximum Gasteiger partial charge on any atom is 0.264 e. The molecule has 5 heteroatoms. The van der Waals surface area contributed by atoms with Crippen LogP contribution in [0.4, 0.5) is 11.4 Å². The minimum absolute atomic E-state index is 0.0134. The van der Waals surface area contributed by atoms with Crippen LogP contribution in [-0.4, -0.2) is 25.0 Å². The zero-order valence-corrected chi connectivity index (χ0v) is 14.0. The number of nitrogens with zero attached hydrogens (tertiary/aromatic N) is 1. The van der Waals surface area contributed by atoms with Gasteiger partial charge in [-0.15, -0.1) is 0 Å². The fourth-order valence-electron chi connectivity index (χ4n) is 3.47. The summed E-state index contributed by atoms with van der Waals surface area (Å²) in [5, 5.41) is 2.84. The van der Waals surface area contributed by atoms with Crippen molar-refractivity contribution in [1.82, 2.24) is 0 Å². The van der Waals surface area contributed by atoms with Crippen LogP contribution in [0.25, 0.3) is 0 Å². The number of para-hydroxylation sites is 1. The molecule has 2 aromatic rings. The van der Waals surface area contributed by atoms with Gasteiger partial charge in [0.1, 0.15) is 5.75 Å². The molecule has 5 nitrogen and oxygen atoms in total. The van der Waals surface area contributed by atoms with Gasteiger partial charge in [-0.2, -0.15) is 0 Å². The Labute approximate surface area is 146 Å². The average Bonchev–Trinajstić information content (AvgIpc) is 2.65. The molecule has 128 valence electrons. The molecule has 0 bridgehead atoms. The Morgan fingerprint density at radius 3 is 2.88 bits per heavy atom. The lowest BCUT2D eigenvalue weighted by atomic mass is 10.0. The number of hydrogen-bond acceptors (Lipinski definition) is 3. The lowest BCUT2D eigenvalue weighted by molar-refractivity contribution is -0.120. The first-order chi connectivity index (χ1) is 12.2. The van der Waals surface area contributed by atoms with Gasteiger partial charge in [0, 0.05) is 24.3 Å². The molecule has 0 radical (unpaired) electrons. The van der Waals surface area contributed by atoms with Crippen molar-refractivity contribution in [3.8, 4) is 5.75 Å². The van der Waals surface area contributed by atoms with Gasteiger partial charge in [-0.25, -0.2) is 0 Å². The van der Waals surface area contributed by atoms with E-state index >= 15 is 0 Å². The molecular formula is C20H20N2O3. The topological polar surface area (TPSA) is 58.6 Å². The quantitative estimate of drug-likeness (QED) is 0.937. The highest BCUT2D eigenvalue weighted by molar-refractivity contribution is 5.96. The van der Waals surface area contributed by atoms with Gasteiger partial charge in [0.05, 0.1) is 0 Å². The number of hydrogen-bond donors (Lipinski definition) is 1. The molecule has 0 unspecified atom stereocenters. The van der Waals surface area contributed by atoms with E-state index in [0.29, 0.717) is 18.6 Å². The SMILES string of the molecule is O=C1CCc2cc(OCC(=O)N3CCCc4ccccc43)ccc2N1. The standard InChI is InChI=1S/C20H20N2O3/c23-19-10-7-15-12-16(8-9-17(15)21-19)25-13-20(24)22-11-3-5-14-4-1-2-6-18(14)22/h1-2,4,6,8-9,12H,3,5,7,10-11,13H2,(H,21,23). The van der Waals surface area contributed by atoms with Crippen molar-refractivity contribution < 1.29 is 14.3 Å². The Kier molecular flexibility index (Phi) is 4.14. The average molecular weight is 336 g/mol. The summed E-state index contributed by atoms with van der Waals surface area (Å²) in [7, 11) is 0. The number of benzene rings is 2.